The molecule has 0 unspecified atom stereocenters. The Bertz CT molecular complexity index is 537. The molecular weight excluding hydrogens is 234 g/mol. The van der Waals surface area contributed by atoms with Gasteiger partial charge in [0.05, 0.1) is 10.7 Å². The second-order valence-electron chi connectivity index (χ2n) is 3.71. The lowest BCUT2D eigenvalue weighted by atomic mass is 10.1. The van der Waals surface area contributed by atoms with Crippen LogP contribution in [0.5, 0.6) is 0 Å². The van der Waals surface area contributed by atoms with Crippen molar-refractivity contribution in [3.8, 4) is 11.1 Å². The number of carbonyl (C=O) groups is 1. The normalized spacial score (nSPS) is 10.0. The van der Waals surface area contributed by atoms with E-state index in [-0.39, 0.29) is 5.91 Å². The van der Waals surface area contributed by atoms with Crippen molar-refractivity contribution in [2.45, 2.75) is 6.92 Å². The van der Waals surface area contributed by atoms with E-state index in [0.29, 0.717) is 10.7 Å². The molecule has 2 rings (SSSR count). The van der Waals surface area contributed by atoms with Gasteiger partial charge in [0.2, 0.25) is 5.91 Å². The lowest BCUT2D eigenvalue weighted by Crippen LogP contribution is -2.06. The summed E-state index contributed by atoms with van der Waals surface area (Å²) >= 11 is 6.27. The first-order chi connectivity index (χ1) is 8.18. The van der Waals surface area contributed by atoms with Crippen molar-refractivity contribution in [2.75, 3.05) is 5.32 Å². The number of hydrogen-bond acceptors (Lipinski definition) is 1. The largest absolute Gasteiger partial charge is 0.325 e. The first kappa shape index (κ1) is 11.7. The topological polar surface area (TPSA) is 29.1 Å². The molecule has 0 heterocycles. The fourth-order valence-electron chi connectivity index (χ4n) is 1.66. The Morgan fingerprint density at radius 3 is 2.41 bits per heavy atom. The molecule has 1 N–H and O–H groups in total. The van der Waals surface area contributed by atoms with Crippen molar-refractivity contribution in [2.24, 2.45) is 0 Å². The average Bonchev–Trinajstić information content (AvgIpc) is 2.32. The van der Waals surface area contributed by atoms with Gasteiger partial charge in [-0.05, 0) is 11.6 Å². The van der Waals surface area contributed by atoms with Crippen molar-refractivity contribution >= 4 is 23.2 Å². The highest BCUT2D eigenvalue weighted by Crippen LogP contribution is 2.33. The minimum atomic E-state index is -0.128. The summed E-state index contributed by atoms with van der Waals surface area (Å²) in [5, 5.41) is 3.28. The summed E-state index contributed by atoms with van der Waals surface area (Å²) in [4.78, 5) is 11.0. The number of benzene rings is 2. The number of nitrogens with one attached hydrogen (secondary N) is 1. The zero-order valence-corrected chi connectivity index (χ0v) is 10.2. The molecule has 0 saturated carbocycles. The molecule has 0 aliphatic rings. The zero-order valence-electron chi connectivity index (χ0n) is 9.41. The van der Waals surface area contributed by atoms with Crippen LogP contribution < -0.4 is 5.32 Å². The van der Waals surface area contributed by atoms with Gasteiger partial charge in [-0.2, -0.15) is 0 Å². The number of halogens is 1. The summed E-state index contributed by atoms with van der Waals surface area (Å²) in [6.45, 7) is 1.46. The van der Waals surface area contributed by atoms with Crippen molar-refractivity contribution in [1.82, 2.24) is 0 Å². The minimum absolute atomic E-state index is 0.128. The van der Waals surface area contributed by atoms with Crippen LogP contribution in [0.2, 0.25) is 5.02 Å². The van der Waals surface area contributed by atoms with Gasteiger partial charge in [-0.15, -0.1) is 0 Å². The van der Waals surface area contributed by atoms with Crippen molar-refractivity contribution in [3.05, 3.63) is 53.6 Å². The summed E-state index contributed by atoms with van der Waals surface area (Å²) in [6.07, 6.45) is 0. The number of amides is 1. The molecule has 2 aromatic rings. The third-order valence-corrected chi connectivity index (χ3v) is 2.80. The molecule has 0 radical (unpaired) electrons. The summed E-state index contributed by atoms with van der Waals surface area (Å²) in [6, 6.07) is 15.4. The van der Waals surface area contributed by atoms with Crippen LogP contribution in [0.25, 0.3) is 11.1 Å². The second-order valence-corrected chi connectivity index (χ2v) is 4.09. The fourth-order valence-corrected chi connectivity index (χ4v) is 1.94. The monoisotopic (exact) mass is 245 g/mol. The molecule has 0 fully saturated rings. The Labute approximate surface area is 105 Å². The molecule has 3 heteroatoms. The predicted octanol–water partition coefficient (Wildman–Crippen LogP) is 3.97. The zero-order chi connectivity index (χ0) is 12.3. The van der Waals surface area contributed by atoms with E-state index in [4.69, 9.17) is 11.6 Å². The Morgan fingerprint density at radius 2 is 1.76 bits per heavy atom. The van der Waals surface area contributed by atoms with Gasteiger partial charge < -0.3 is 5.32 Å². The highest BCUT2D eigenvalue weighted by molar-refractivity contribution is 6.36. The Kier molecular flexibility index (Phi) is 3.45. The van der Waals surface area contributed by atoms with Crippen LogP contribution in [0.1, 0.15) is 6.92 Å². The quantitative estimate of drug-likeness (QED) is 0.852. The van der Waals surface area contributed by atoms with Gasteiger partial charge in [0, 0.05) is 12.5 Å². The Morgan fingerprint density at radius 1 is 1.06 bits per heavy atom. The van der Waals surface area contributed by atoms with Gasteiger partial charge in [-0.3, -0.25) is 4.79 Å². The van der Waals surface area contributed by atoms with E-state index in [0.717, 1.165) is 11.1 Å². The predicted molar refractivity (Wildman–Crippen MR) is 71.2 cm³/mol. The Hall–Kier alpha value is -1.80. The number of rotatable bonds is 2. The van der Waals surface area contributed by atoms with Crippen molar-refractivity contribution < 1.29 is 4.79 Å². The molecule has 0 saturated heterocycles. The molecule has 0 spiro atoms. The molecule has 1 amide bonds. The molecule has 2 aromatic carbocycles. The van der Waals surface area contributed by atoms with E-state index in [1.165, 1.54) is 6.92 Å². The van der Waals surface area contributed by atoms with Gasteiger partial charge in [-0.1, -0.05) is 54.1 Å². The van der Waals surface area contributed by atoms with Gasteiger partial charge in [0.15, 0.2) is 0 Å². The molecule has 2 nitrogen and oxygen atoms in total. The third kappa shape index (κ3) is 2.66. The van der Waals surface area contributed by atoms with Crippen LogP contribution in [0.15, 0.2) is 48.5 Å². The highest BCUT2D eigenvalue weighted by atomic mass is 35.5. The second kappa shape index (κ2) is 5.02. The third-order valence-electron chi connectivity index (χ3n) is 2.39. The molecule has 0 aliphatic carbocycles. The summed E-state index contributed by atoms with van der Waals surface area (Å²) in [7, 11) is 0. The standard InChI is InChI=1S/C14H12ClNO/c1-10(17)16-13-9-5-8-12(14(13)15)11-6-3-2-4-7-11/h2-9H,1H3,(H,16,17). The molecule has 86 valence electrons. The van der Waals surface area contributed by atoms with E-state index in [9.17, 15) is 4.79 Å². The maximum atomic E-state index is 11.0. The van der Waals surface area contributed by atoms with Crippen LogP contribution in [0.4, 0.5) is 5.69 Å². The average molecular weight is 246 g/mol. The first-order valence-electron chi connectivity index (χ1n) is 5.30. The lowest BCUT2D eigenvalue weighted by Gasteiger charge is -2.09. The van der Waals surface area contributed by atoms with Crippen LogP contribution >= 0.6 is 11.6 Å². The van der Waals surface area contributed by atoms with Crippen molar-refractivity contribution in [3.63, 3.8) is 0 Å². The van der Waals surface area contributed by atoms with E-state index >= 15 is 0 Å². The van der Waals surface area contributed by atoms with Gasteiger partial charge in [0.1, 0.15) is 0 Å². The molecular formula is C14H12ClNO. The molecule has 0 bridgehead atoms. The highest BCUT2D eigenvalue weighted by Gasteiger charge is 2.08. The maximum absolute atomic E-state index is 11.0. The van der Waals surface area contributed by atoms with Gasteiger partial charge in [0.25, 0.3) is 0 Å². The first-order valence-corrected chi connectivity index (χ1v) is 5.68. The van der Waals surface area contributed by atoms with E-state index in [1.54, 1.807) is 6.07 Å². The number of anilines is 1. The lowest BCUT2D eigenvalue weighted by molar-refractivity contribution is -0.114. The van der Waals surface area contributed by atoms with Crippen LogP contribution in [0.3, 0.4) is 0 Å². The van der Waals surface area contributed by atoms with Crippen LogP contribution in [-0.4, -0.2) is 5.91 Å². The molecule has 0 atom stereocenters. The van der Waals surface area contributed by atoms with E-state index in [1.807, 2.05) is 42.5 Å². The van der Waals surface area contributed by atoms with Crippen LogP contribution in [-0.2, 0) is 4.79 Å². The van der Waals surface area contributed by atoms with E-state index < -0.39 is 0 Å². The molecule has 17 heavy (non-hydrogen) atoms. The number of hydrogen-bond donors (Lipinski definition) is 1. The summed E-state index contributed by atoms with van der Waals surface area (Å²) in [5.41, 5.74) is 2.59. The molecule has 0 aliphatic heterocycles. The summed E-state index contributed by atoms with van der Waals surface area (Å²) < 4.78 is 0. The smallest absolute Gasteiger partial charge is 0.221 e. The molecule has 0 aromatic heterocycles. The maximum Gasteiger partial charge on any atom is 0.221 e. The summed E-state index contributed by atoms with van der Waals surface area (Å²) in [5.74, 6) is -0.128. The van der Waals surface area contributed by atoms with Crippen LogP contribution in [0, 0.1) is 0 Å². The van der Waals surface area contributed by atoms with Gasteiger partial charge in [-0.25, -0.2) is 0 Å². The van der Waals surface area contributed by atoms with Crippen molar-refractivity contribution in [1.29, 1.82) is 0 Å². The minimum Gasteiger partial charge on any atom is -0.325 e. The fraction of sp³-hybridized carbons (Fsp3) is 0.0714. The number of carbonyl (C=O) groups excluding carboxylic acids is 1. The Balaban J connectivity index is 2.46. The van der Waals surface area contributed by atoms with E-state index in [2.05, 4.69) is 5.32 Å². The van der Waals surface area contributed by atoms with Gasteiger partial charge >= 0.3 is 0 Å². The SMILES string of the molecule is CC(=O)Nc1cccc(-c2ccccc2)c1Cl.